The summed E-state index contributed by atoms with van der Waals surface area (Å²) in [4.78, 5) is 25.5. The lowest BCUT2D eigenvalue weighted by Crippen LogP contribution is -2.46. The van der Waals surface area contributed by atoms with E-state index < -0.39 is 17.7 Å². The highest BCUT2D eigenvalue weighted by atomic mass is 35.5. The molecule has 1 aromatic rings. The van der Waals surface area contributed by atoms with Crippen molar-refractivity contribution in [2.45, 2.75) is 44.9 Å². The second-order valence-electron chi connectivity index (χ2n) is 5.93. The maximum Gasteiger partial charge on any atom is 0.325 e. The van der Waals surface area contributed by atoms with Crippen molar-refractivity contribution in [2.24, 2.45) is 0 Å². The third-order valence-electron chi connectivity index (χ3n) is 4.34. The summed E-state index contributed by atoms with van der Waals surface area (Å²) in [7, 11) is 0. The fourth-order valence-electron chi connectivity index (χ4n) is 2.73. The van der Waals surface area contributed by atoms with Crippen LogP contribution in [0.15, 0.2) is 24.3 Å². The van der Waals surface area contributed by atoms with Crippen molar-refractivity contribution in [3.05, 3.63) is 34.9 Å². The predicted molar refractivity (Wildman–Crippen MR) is 90.7 cm³/mol. The van der Waals surface area contributed by atoms with Crippen molar-refractivity contribution >= 4 is 23.5 Å². The van der Waals surface area contributed by atoms with Crippen molar-refractivity contribution in [1.29, 1.82) is 0 Å². The molecule has 0 aromatic heterocycles. The lowest BCUT2D eigenvalue weighted by Gasteiger charge is -2.23. The molecule has 1 aliphatic rings. The Morgan fingerprint density at radius 2 is 1.88 bits per heavy atom. The molecule has 1 atom stereocenters. The van der Waals surface area contributed by atoms with Crippen LogP contribution in [0.5, 0.6) is 0 Å². The second kappa shape index (κ2) is 7.96. The molecule has 2 N–H and O–H groups in total. The molecule has 3 amide bonds. The maximum atomic E-state index is 12.4. The van der Waals surface area contributed by atoms with Gasteiger partial charge in [0.2, 0.25) is 0 Å². The minimum Gasteiger partial charge on any atom is -0.389 e. The summed E-state index contributed by atoms with van der Waals surface area (Å²) < 4.78 is 5.44. The number of imide groups is 1. The van der Waals surface area contributed by atoms with Gasteiger partial charge >= 0.3 is 6.03 Å². The molecule has 6 nitrogen and oxygen atoms in total. The van der Waals surface area contributed by atoms with Crippen LogP contribution in [0.2, 0.25) is 5.02 Å². The first-order valence-electron chi connectivity index (χ1n) is 8.06. The maximum absolute atomic E-state index is 12.4. The van der Waals surface area contributed by atoms with E-state index in [4.69, 9.17) is 16.3 Å². The van der Waals surface area contributed by atoms with Gasteiger partial charge in [-0.2, -0.15) is 0 Å². The van der Waals surface area contributed by atoms with Gasteiger partial charge in [-0.05, 0) is 30.5 Å². The van der Waals surface area contributed by atoms with E-state index in [0.717, 1.165) is 10.5 Å². The van der Waals surface area contributed by atoms with Crippen molar-refractivity contribution in [1.82, 2.24) is 10.2 Å². The van der Waals surface area contributed by atoms with Crippen molar-refractivity contribution in [2.75, 3.05) is 13.2 Å². The van der Waals surface area contributed by atoms with E-state index >= 15 is 0 Å². The standard InChI is InChI=1S/C17H23ClN2O4/c1-3-17(4-2)15(22)20(16(23)19-17)9-14(21)11-24-10-12-5-7-13(18)8-6-12/h5-8,14,21H,3-4,9-11H2,1-2H3,(H,19,23). The number of hydrogen-bond donors (Lipinski definition) is 2. The van der Waals surface area contributed by atoms with Gasteiger partial charge in [-0.25, -0.2) is 4.79 Å². The van der Waals surface area contributed by atoms with Crippen LogP contribution in [0.3, 0.4) is 0 Å². The average Bonchev–Trinajstić information content (AvgIpc) is 2.81. The first-order chi connectivity index (χ1) is 11.4. The molecule has 1 heterocycles. The second-order valence-corrected chi connectivity index (χ2v) is 6.37. The van der Waals surface area contributed by atoms with Crippen LogP contribution in [-0.4, -0.2) is 46.7 Å². The van der Waals surface area contributed by atoms with Crippen LogP contribution in [0.4, 0.5) is 4.79 Å². The lowest BCUT2D eigenvalue weighted by atomic mass is 9.93. The fraction of sp³-hybridized carbons (Fsp3) is 0.529. The Balaban J connectivity index is 1.83. The molecule has 24 heavy (non-hydrogen) atoms. The molecule has 0 spiro atoms. The monoisotopic (exact) mass is 354 g/mol. The minimum absolute atomic E-state index is 0.0327. The van der Waals surface area contributed by atoms with Crippen molar-refractivity contribution < 1.29 is 19.4 Å². The SMILES string of the molecule is CCC1(CC)NC(=O)N(CC(O)COCc2ccc(Cl)cc2)C1=O. The summed E-state index contributed by atoms with van der Waals surface area (Å²) >= 11 is 5.81. The van der Waals surface area contributed by atoms with Crippen LogP contribution in [0, 0.1) is 0 Å². The zero-order valence-electron chi connectivity index (χ0n) is 13.9. The summed E-state index contributed by atoms with van der Waals surface area (Å²) in [5.74, 6) is -0.283. The lowest BCUT2D eigenvalue weighted by molar-refractivity contribution is -0.133. The zero-order chi connectivity index (χ0) is 17.7. The van der Waals surface area contributed by atoms with E-state index in [2.05, 4.69) is 5.32 Å². The zero-order valence-corrected chi connectivity index (χ0v) is 14.7. The number of aliphatic hydroxyl groups excluding tert-OH is 1. The van der Waals surface area contributed by atoms with Crippen LogP contribution < -0.4 is 5.32 Å². The molecule has 0 bridgehead atoms. The number of rotatable bonds is 8. The average molecular weight is 355 g/mol. The number of hydrogen-bond acceptors (Lipinski definition) is 4. The number of urea groups is 1. The van der Waals surface area contributed by atoms with Gasteiger partial charge in [-0.3, -0.25) is 9.69 Å². The topological polar surface area (TPSA) is 78.9 Å². The van der Waals surface area contributed by atoms with Crippen molar-refractivity contribution in [3.8, 4) is 0 Å². The van der Waals surface area contributed by atoms with Crippen LogP contribution in [-0.2, 0) is 16.1 Å². The third-order valence-corrected chi connectivity index (χ3v) is 4.59. The van der Waals surface area contributed by atoms with E-state index in [-0.39, 0.29) is 19.1 Å². The number of ether oxygens (including phenoxy) is 1. The van der Waals surface area contributed by atoms with E-state index in [1.165, 1.54) is 0 Å². The van der Waals surface area contributed by atoms with Crippen LogP contribution >= 0.6 is 11.6 Å². The predicted octanol–water partition coefficient (Wildman–Crippen LogP) is 2.33. The number of halogens is 1. The summed E-state index contributed by atoms with van der Waals surface area (Å²) in [6.45, 7) is 3.99. The third kappa shape index (κ3) is 4.06. The molecule has 1 aromatic carbocycles. The van der Waals surface area contributed by atoms with E-state index in [1.54, 1.807) is 12.1 Å². The number of carbonyl (C=O) groups is 2. The Bertz CT molecular complexity index is 587. The summed E-state index contributed by atoms with van der Waals surface area (Å²) in [5.41, 5.74) is 0.0820. The highest BCUT2D eigenvalue weighted by Gasteiger charge is 2.48. The minimum atomic E-state index is -0.934. The van der Waals surface area contributed by atoms with Gasteiger partial charge in [0.25, 0.3) is 5.91 Å². The van der Waals surface area contributed by atoms with Gasteiger partial charge in [0.1, 0.15) is 5.54 Å². The quantitative estimate of drug-likeness (QED) is 0.702. The number of nitrogens with one attached hydrogen (secondary N) is 1. The Labute approximate surface area is 146 Å². The summed E-state index contributed by atoms with van der Waals surface area (Å²) in [6, 6.07) is 6.74. The number of β-amino-alcohol motifs (C(OH)–C–C–N with tert-alkyl or cyclic N) is 1. The van der Waals surface area contributed by atoms with Gasteiger partial charge < -0.3 is 15.2 Å². The van der Waals surface area contributed by atoms with Gasteiger partial charge in [0.05, 0.1) is 25.9 Å². The molecule has 132 valence electrons. The summed E-state index contributed by atoms with van der Waals surface area (Å²) in [5, 5.41) is 13.4. The number of carbonyl (C=O) groups excluding carboxylic acids is 2. The highest BCUT2D eigenvalue weighted by molar-refractivity contribution is 6.30. The molecule has 2 rings (SSSR count). The van der Waals surface area contributed by atoms with Gasteiger partial charge in [0, 0.05) is 5.02 Å². The van der Waals surface area contributed by atoms with Gasteiger partial charge in [-0.15, -0.1) is 0 Å². The van der Waals surface area contributed by atoms with E-state index in [1.807, 2.05) is 26.0 Å². The van der Waals surface area contributed by atoms with E-state index in [9.17, 15) is 14.7 Å². The molecular formula is C17H23ClN2O4. The van der Waals surface area contributed by atoms with Gasteiger partial charge in [-0.1, -0.05) is 37.6 Å². The normalized spacial score (nSPS) is 17.9. The first kappa shape index (κ1) is 18.7. The smallest absolute Gasteiger partial charge is 0.325 e. The Kier molecular flexibility index (Phi) is 6.21. The molecule has 7 heteroatoms. The Hall–Kier alpha value is -1.63. The molecule has 1 aliphatic heterocycles. The molecule has 0 radical (unpaired) electrons. The Morgan fingerprint density at radius 1 is 1.25 bits per heavy atom. The highest BCUT2D eigenvalue weighted by Crippen LogP contribution is 2.25. The molecule has 1 unspecified atom stereocenters. The Morgan fingerprint density at radius 3 is 2.42 bits per heavy atom. The van der Waals surface area contributed by atoms with Crippen LogP contribution in [0.1, 0.15) is 32.3 Å². The number of benzene rings is 1. The first-order valence-corrected chi connectivity index (χ1v) is 8.44. The fourth-order valence-corrected chi connectivity index (χ4v) is 2.85. The number of nitrogens with zero attached hydrogens (tertiary/aromatic N) is 1. The van der Waals surface area contributed by atoms with Gasteiger partial charge in [0.15, 0.2) is 0 Å². The summed E-state index contributed by atoms with van der Waals surface area (Å²) in [6.07, 6.45) is 0.109. The molecule has 0 aliphatic carbocycles. The number of amides is 3. The van der Waals surface area contributed by atoms with E-state index in [0.29, 0.717) is 24.5 Å². The van der Waals surface area contributed by atoms with Crippen molar-refractivity contribution in [3.63, 3.8) is 0 Å². The molecule has 1 saturated heterocycles. The molecule has 0 saturated carbocycles. The molecule has 1 fully saturated rings. The molecular weight excluding hydrogens is 332 g/mol. The number of aliphatic hydroxyl groups is 1. The largest absolute Gasteiger partial charge is 0.389 e. The van der Waals surface area contributed by atoms with Crippen LogP contribution in [0.25, 0.3) is 0 Å².